The molecule has 0 fully saturated rings. The standard InChI is InChI=1S/C9H19BrO/c1-6(2)8(10)9(11-5)7(3)4/h6-9H,1-5H3/t8-,9-/m0/s1. The highest BCUT2D eigenvalue weighted by Crippen LogP contribution is 2.23. The molecule has 0 radical (unpaired) electrons. The van der Waals surface area contributed by atoms with E-state index in [9.17, 15) is 0 Å². The van der Waals surface area contributed by atoms with Crippen LogP contribution in [0.1, 0.15) is 27.7 Å². The lowest BCUT2D eigenvalue weighted by Gasteiger charge is -2.27. The molecule has 0 aromatic carbocycles. The van der Waals surface area contributed by atoms with E-state index in [1.54, 1.807) is 7.11 Å². The van der Waals surface area contributed by atoms with Crippen LogP contribution in [0.4, 0.5) is 0 Å². The van der Waals surface area contributed by atoms with Crippen molar-refractivity contribution in [1.29, 1.82) is 0 Å². The Balaban J connectivity index is 4.02. The zero-order chi connectivity index (χ0) is 9.02. The SMILES string of the molecule is CO[C@@H](C(C)C)[C@@H](Br)C(C)C. The Morgan fingerprint density at radius 1 is 1.00 bits per heavy atom. The van der Waals surface area contributed by atoms with Gasteiger partial charge in [0.05, 0.1) is 6.10 Å². The summed E-state index contributed by atoms with van der Waals surface area (Å²) in [6.45, 7) is 8.78. The monoisotopic (exact) mass is 222 g/mol. The second kappa shape index (κ2) is 5.15. The van der Waals surface area contributed by atoms with Crippen molar-refractivity contribution in [2.75, 3.05) is 7.11 Å². The smallest absolute Gasteiger partial charge is 0.0721 e. The molecular formula is C9H19BrO. The lowest BCUT2D eigenvalue weighted by molar-refractivity contribution is 0.0556. The van der Waals surface area contributed by atoms with Gasteiger partial charge in [-0.2, -0.15) is 0 Å². The maximum atomic E-state index is 5.39. The van der Waals surface area contributed by atoms with Crippen molar-refractivity contribution in [3.63, 3.8) is 0 Å². The molecule has 1 nitrogen and oxygen atoms in total. The van der Waals surface area contributed by atoms with Crippen molar-refractivity contribution in [2.45, 2.75) is 38.6 Å². The molecule has 0 N–H and O–H groups in total. The molecule has 0 aliphatic rings. The van der Waals surface area contributed by atoms with Gasteiger partial charge >= 0.3 is 0 Å². The molecule has 0 heterocycles. The quantitative estimate of drug-likeness (QED) is 0.665. The van der Waals surface area contributed by atoms with Crippen LogP contribution >= 0.6 is 15.9 Å². The normalized spacial score (nSPS) is 17.5. The van der Waals surface area contributed by atoms with Gasteiger partial charge in [-0.3, -0.25) is 0 Å². The summed E-state index contributed by atoms with van der Waals surface area (Å²) in [7, 11) is 1.78. The van der Waals surface area contributed by atoms with Gasteiger partial charge in [0.15, 0.2) is 0 Å². The van der Waals surface area contributed by atoms with Crippen LogP contribution in [0.2, 0.25) is 0 Å². The summed E-state index contributed by atoms with van der Waals surface area (Å²) in [6.07, 6.45) is 0.329. The van der Waals surface area contributed by atoms with Crippen LogP contribution in [0.15, 0.2) is 0 Å². The lowest BCUT2D eigenvalue weighted by Crippen LogP contribution is -2.32. The van der Waals surface area contributed by atoms with Crippen LogP contribution in [0.5, 0.6) is 0 Å². The van der Waals surface area contributed by atoms with E-state index in [2.05, 4.69) is 43.6 Å². The molecule has 0 aromatic heterocycles. The fraction of sp³-hybridized carbons (Fsp3) is 1.00. The summed E-state index contributed by atoms with van der Waals surface area (Å²) in [5.74, 6) is 1.20. The Morgan fingerprint density at radius 2 is 1.45 bits per heavy atom. The van der Waals surface area contributed by atoms with Gasteiger partial charge in [0.2, 0.25) is 0 Å². The third-order valence-corrected chi connectivity index (χ3v) is 3.46. The van der Waals surface area contributed by atoms with Crippen LogP contribution in [0, 0.1) is 11.8 Å². The van der Waals surface area contributed by atoms with Crippen LogP contribution in [0.3, 0.4) is 0 Å². The fourth-order valence-corrected chi connectivity index (χ4v) is 1.98. The van der Waals surface area contributed by atoms with Gasteiger partial charge in [-0.1, -0.05) is 43.6 Å². The first kappa shape index (κ1) is 11.4. The highest BCUT2D eigenvalue weighted by atomic mass is 79.9. The Labute approximate surface area is 78.6 Å². The van der Waals surface area contributed by atoms with E-state index in [1.807, 2.05) is 0 Å². The van der Waals surface area contributed by atoms with Gasteiger partial charge in [0, 0.05) is 11.9 Å². The second-order valence-electron chi connectivity index (χ2n) is 3.63. The number of ether oxygens (including phenoxy) is 1. The summed E-state index contributed by atoms with van der Waals surface area (Å²) < 4.78 is 5.39. The first-order valence-electron chi connectivity index (χ1n) is 4.17. The average Bonchev–Trinajstić information content (AvgIpc) is 1.88. The van der Waals surface area contributed by atoms with Crippen molar-refractivity contribution >= 4 is 15.9 Å². The molecule has 0 rings (SSSR count). The zero-order valence-corrected chi connectivity index (χ0v) is 9.68. The van der Waals surface area contributed by atoms with Crippen molar-refractivity contribution in [3.05, 3.63) is 0 Å². The third-order valence-electron chi connectivity index (χ3n) is 1.88. The molecular weight excluding hydrogens is 204 g/mol. The lowest BCUT2D eigenvalue weighted by atomic mass is 9.97. The number of methoxy groups -OCH3 is 1. The second-order valence-corrected chi connectivity index (χ2v) is 4.69. The van der Waals surface area contributed by atoms with Crippen molar-refractivity contribution in [3.8, 4) is 0 Å². The minimum atomic E-state index is 0.329. The molecule has 2 heteroatoms. The van der Waals surface area contributed by atoms with E-state index < -0.39 is 0 Å². The molecule has 0 unspecified atom stereocenters. The summed E-state index contributed by atoms with van der Waals surface area (Å²) in [4.78, 5) is 0.465. The summed E-state index contributed by atoms with van der Waals surface area (Å²) >= 11 is 3.64. The van der Waals surface area contributed by atoms with Gasteiger partial charge in [-0.05, 0) is 11.8 Å². The molecule has 0 aliphatic carbocycles. The summed E-state index contributed by atoms with van der Waals surface area (Å²) in [5, 5.41) is 0. The number of hydrogen-bond donors (Lipinski definition) is 0. The number of rotatable bonds is 4. The summed E-state index contributed by atoms with van der Waals surface area (Å²) in [5.41, 5.74) is 0. The van der Waals surface area contributed by atoms with Crippen molar-refractivity contribution < 1.29 is 4.74 Å². The Bertz CT molecular complexity index is 102. The molecule has 0 aliphatic heterocycles. The van der Waals surface area contributed by atoms with E-state index in [0.717, 1.165) is 0 Å². The van der Waals surface area contributed by atoms with Gasteiger partial charge in [0.25, 0.3) is 0 Å². The van der Waals surface area contributed by atoms with Gasteiger partial charge < -0.3 is 4.74 Å². The number of alkyl halides is 1. The van der Waals surface area contributed by atoms with Crippen LogP contribution in [-0.2, 0) is 4.74 Å². The minimum Gasteiger partial charge on any atom is -0.380 e. The highest BCUT2D eigenvalue weighted by Gasteiger charge is 2.24. The van der Waals surface area contributed by atoms with E-state index >= 15 is 0 Å². The van der Waals surface area contributed by atoms with E-state index in [0.29, 0.717) is 22.8 Å². The predicted molar refractivity (Wildman–Crippen MR) is 53.2 cm³/mol. The summed E-state index contributed by atoms with van der Waals surface area (Å²) in [6, 6.07) is 0. The van der Waals surface area contributed by atoms with Crippen LogP contribution in [-0.4, -0.2) is 18.0 Å². The maximum Gasteiger partial charge on any atom is 0.0721 e. The number of halogens is 1. The molecule has 68 valence electrons. The third kappa shape index (κ3) is 3.57. The number of hydrogen-bond acceptors (Lipinski definition) is 1. The van der Waals surface area contributed by atoms with Crippen molar-refractivity contribution in [1.82, 2.24) is 0 Å². The van der Waals surface area contributed by atoms with Gasteiger partial charge in [-0.25, -0.2) is 0 Å². The first-order valence-corrected chi connectivity index (χ1v) is 5.09. The molecule has 0 saturated carbocycles. The molecule has 0 saturated heterocycles. The van der Waals surface area contributed by atoms with Gasteiger partial charge in [0.1, 0.15) is 0 Å². The minimum absolute atomic E-state index is 0.329. The molecule has 2 atom stereocenters. The van der Waals surface area contributed by atoms with Crippen LogP contribution in [0.25, 0.3) is 0 Å². The van der Waals surface area contributed by atoms with E-state index in [1.165, 1.54) is 0 Å². The van der Waals surface area contributed by atoms with Gasteiger partial charge in [-0.15, -0.1) is 0 Å². The van der Waals surface area contributed by atoms with Crippen LogP contribution < -0.4 is 0 Å². The van der Waals surface area contributed by atoms with Crippen molar-refractivity contribution in [2.24, 2.45) is 11.8 Å². The zero-order valence-electron chi connectivity index (χ0n) is 8.10. The fourth-order valence-electron chi connectivity index (χ4n) is 1.15. The first-order chi connectivity index (χ1) is 5.00. The molecule has 0 bridgehead atoms. The average molecular weight is 223 g/mol. The largest absolute Gasteiger partial charge is 0.380 e. The Kier molecular flexibility index (Phi) is 5.36. The topological polar surface area (TPSA) is 9.23 Å². The van der Waals surface area contributed by atoms with E-state index in [4.69, 9.17) is 4.74 Å². The maximum absolute atomic E-state index is 5.39. The molecule has 11 heavy (non-hydrogen) atoms. The Hall–Kier alpha value is 0.440. The molecule has 0 spiro atoms. The highest BCUT2D eigenvalue weighted by molar-refractivity contribution is 9.09. The molecule has 0 amide bonds. The predicted octanol–water partition coefficient (Wildman–Crippen LogP) is 3.08. The molecule has 0 aromatic rings. The Morgan fingerprint density at radius 3 is 1.55 bits per heavy atom. The van der Waals surface area contributed by atoms with E-state index in [-0.39, 0.29) is 0 Å².